The van der Waals surface area contributed by atoms with Gasteiger partial charge in [-0.1, -0.05) is 6.08 Å². The van der Waals surface area contributed by atoms with Crippen molar-refractivity contribution in [2.45, 2.75) is 58.8 Å². The Morgan fingerprint density at radius 2 is 1.73 bits per heavy atom. The molecule has 1 rings (SSSR count). The fourth-order valence-corrected chi connectivity index (χ4v) is 2.68. The first-order chi connectivity index (χ1) is 6.97. The molecule has 15 heavy (non-hydrogen) atoms. The summed E-state index contributed by atoms with van der Waals surface area (Å²) in [7, 11) is 0. The molecule has 1 heterocycles. The van der Waals surface area contributed by atoms with E-state index in [1.165, 1.54) is 6.54 Å². The van der Waals surface area contributed by atoms with E-state index in [0.717, 1.165) is 6.54 Å². The molecule has 1 fully saturated rings. The minimum Gasteiger partial charge on any atom is -0.298 e. The minimum atomic E-state index is 0.510. The number of rotatable bonds is 3. The SMILES string of the molecule is C=C[C@@H]1CN(C(C)C)C[C@@H](C)N1C(C)C. The number of nitrogens with zero attached hydrogens (tertiary/aromatic N) is 2. The van der Waals surface area contributed by atoms with Gasteiger partial charge in [0, 0.05) is 37.3 Å². The zero-order chi connectivity index (χ0) is 11.6. The molecule has 0 bridgehead atoms. The fourth-order valence-electron chi connectivity index (χ4n) is 2.68. The summed E-state index contributed by atoms with van der Waals surface area (Å²) in [6, 6.07) is 2.39. The van der Waals surface area contributed by atoms with Gasteiger partial charge >= 0.3 is 0 Å². The van der Waals surface area contributed by atoms with E-state index >= 15 is 0 Å². The summed E-state index contributed by atoms with van der Waals surface area (Å²) in [5.41, 5.74) is 0. The van der Waals surface area contributed by atoms with E-state index in [9.17, 15) is 0 Å². The van der Waals surface area contributed by atoms with Crippen molar-refractivity contribution in [1.29, 1.82) is 0 Å². The molecule has 0 aromatic carbocycles. The van der Waals surface area contributed by atoms with Crippen LogP contribution in [0.4, 0.5) is 0 Å². The van der Waals surface area contributed by atoms with E-state index in [-0.39, 0.29) is 0 Å². The molecule has 0 aromatic heterocycles. The van der Waals surface area contributed by atoms with Gasteiger partial charge in [-0.05, 0) is 34.6 Å². The lowest BCUT2D eigenvalue weighted by Crippen LogP contribution is -2.60. The summed E-state index contributed by atoms with van der Waals surface area (Å²) in [4.78, 5) is 5.13. The maximum absolute atomic E-state index is 3.98. The van der Waals surface area contributed by atoms with Gasteiger partial charge in [-0.2, -0.15) is 0 Å². The Labute approximate surface area is 94.9 Å². The van der Waals surface area contributed by atoms with E-state index in [2.05, 4.69) is 57.1 Å². The number of piperazine rings is 1. The molecule has 88 valence electrons. The lowest BCUT2D eigenvalue weighted by molar-refractivity contribution is 0.0152. The minimum absolute atomic E-state index is 0.510. The quantitative estimate of drug-likeness (QED) is 0.660. The van der Waals surface area contributed by atoms with Crippen molar-refractivity contribution in [3.05, 3.63) is 12.7 Å². The first-order valence-corrected chi connectivity index (χ1v) is 6.11. The van der Waals surface area contributed by atoms with Crippen LogP contribution in [0.3, 0.4) is 0 Å². The highest BCUT2D eigenvalue weighted by Crippen LogP contribution is 2.20. The highest BCUT2D eigenvalue weighted by atomic mass is 15.3. The Morgan fingerprint density at radius 3 is 2.13 bits per heavy atom. The zero-order valence-electron chi connectivity index (χ0n) is 10.9. The topological polar surface area (TPSA) is 6.48 Å². The van der Waals surface area contributed by atoms with Crippen LogP contribution in [0.25, 0.3) is 0 Å². The summed E-state index contributed by atoms with van der Waals surface area (Å²) < 4.78 is 0. The molecule has 0 radical (unpaired) electrons. The molecule has 1 aliphatic heterocycles. The van der Waals surface area contributed by atoms with Gasteiger partial charge in [-0.15, -0.1) is 6.58 Å². The maximum atomic E-state index is 3.98. The van der Waals surface area contributed by atoms with Gasteiger partial charge in [0.25, 0.3) is 0 Å². The van der Waals surface area contributed by atoms with Crippen LogP contribution in [0.5, 0.6) is 0 Å². The Hall–Kier alpha value is -0.340. The maximum Gasteiger partial charge on any atom is 0.0409 e. The van der Waals surface area contributed by atoms with Gasteiger partial charge in [0.1, 0.15) is 0 Å². The summed E-state index contributed by atoms with van der Waals surface area (Å²) in [5.74, 6) is 0. The van der Waals surface area contributed by atoms with Gasteiger partial charge in [0.15, 0.2) is 0 Å². The molecule has 0 aromatic rings. The van der Waals surface area contributed by atoms with E-state index in [0.29, 0.717) is 24.2 Å². The number of hydrogen-bond acceptors (Lipinski definition) is 2. The molecule has 2 nitrogen and oxygen atoms in total. The molecule has 1 aliphatic rings. The molecule has 0 N–H and O–H groups in total. The van der Waals surface area contributed by atoms with Crippen LogP contribution in [0.15, 0.2) is 12.7 Å². The Morgan fingerprint density at radius 1 is 1.13 bits per heavy atom. The van der Waals surface area contributed by atoms with Crippen LogP contribution in [-0.4, -0.2) is 47.1 Å². The second-order valence-electron chi connectivity index (χ2n) is 5.24. The molecule has 0 aliphatic carbocycles. The lowest BCUT2D eigenvalue weighted by Gasteiger charge is -2.48. The predicted molar refractivity (Wildman–Crippen MR) is 67.1 cm³/mol. The average molecular weight is 210 g/mol. The van der Waals surface area contributed by atoms with Gasteiger partial charge in [-0.3, -0.25) is 9.80 Å². The molecule has 0 unspecified atom stereocenters. The zero-order valence-corrected chi connectivity index (χ0v) is 10.9. The largest absolute Gasteiger partial charge is 0.298 e. The van der Waals surface area contributed by atoms with Crippen LogP contribution in [0.2, 0.25) is 0 Å². The molecule has 0 spiro atoms. The van der Waals surface area contributed by atoms with Crippen molar-refractivity contribution in [1.82, 2.24) is 9.80 Å². The third kappa shape index (κ3) is 2.82. The highest BCUT2D eigenvalue weighted by Gasteiger charge is 2.32. The van der Waals surface area contributed by atoms with Crippen molar-refractivity contribution in [3.8, 4) is 0 Å². The highest BCUT2D eigenvalue weighted by molar-refractivity contribution is 4.98. The second kappa shape index (κ2) is 5.13. The molecule has 0 amide bonds. The van der Waals surface area contributed by atoms with Gasteiger partial charge in [0.05, 0.1) is 0 Å². The molecule has 0 saturated carbocycles. The van der Waals surface area contributed by atoms with Gasteiger partial charge in [0.2, 0.25) is 0 Å². The van der Waals surface area contributed by atoms with Crippen LogP contribution in [0, 0.1) is 0 Å². The first kappa shape index (κ1) is 12.7. The summed E-state index contributed by atoms with van der Waals surface area (Å²) in [5, 5.41) is 0. The summed E-state index contributed by atoms with van der Waals surface area (Å²) >= 11 is 0. The number of hydrogen-bond donors (Lipinski definition) is 0. The van der Waals surface area contributed by atoms with Crippen LogP contribution in [-0.2, 0) is 0 Å². The van der Waals surface area contributed by atoms with Crippen molar-refractivity contribution in [3.63, 3.8) is 0 Å². The molecule has 2 heteroatoms. The predicted octanol–water partition coefficient (Wildman–Crippen LogP) is 2.36. The van der Waals surface area contributed by atoms with Crippen molar-refractivity contribution in [2.75, 3.05) is 13.1 Å². The average Bonchev–Trinajstić information content (AvgIpc) is 2.15. The standard InChI is InChI=1S/C13H26N2/c1-7-13-9-14(10(2)3)8-12(6)15(13)11(4)5/h7,10-13H,1,8-9H2,2-6H3/t12-,13-/m1/s1. The van der Waals surface area contributed by atoms with Crippen LogP contribution < -0.4 is 0 Å². The summed E-state index contributed by atoms with van der Waals surface area (Å²) in [6.45, 7) is 17.7. The third-order valence-electron chi connectivity index (χ3n) is 3.41. The molecular weight excluding hydrogens is 184 g/mol. The molecule has 1 saturated heterocycles. The smallest absolute Gasteiger partial charge is 0.0409 e. The van der Waals surface area contributed by atoms with Gasteiger partial charge in [-0.25, -0.2) is 0 Å². The Kier molecular flexibility index (Phi) is 4.35. The summed E-state index contributed by atoms with van der Waals surface area (Å²) in [6.07, 6.45) is 2.10. The van der Waals surface area contributed by atoms with E-state index < -0.39 is 0 Å². The lowest BCUT2D eigenvalue weighted by atomic mass is 10.0. The van der Waals surface area contributed by atoms with Crippen molar-refractivity contribution >= 4 is 0 Å². The van der Waals surface area contributed by atoms with Gasteiger partial charge < -0.3 is 0 Å². The molecular formula is C13H26N2. The normalized spacial score (nSPS) is 30.1. The van der Waals surface area contributed by atoms with E-state index in [1.807, 2.05) is 0 Å². The van der Waals surface area contributed by atoms with E-state index in [1.54, 1.807) is 0 Å². The first-order valence-electron chi connectivity index (χ1n) is 6.11. The van der Waals surface area contributed by atoms with Crippen LogP contribution >= 0.6 is 0 Å². The second-order valence-corrected chi connectivity index (χ2v) is 5.24. The van der Waals surface area contributed by atoms with Crippen LogP contribution in [0.1, 0.15) is 34.6 Å². The monoisotopic (exact) mass is 210 g/mol. The molecule has 2 atom stereocenters. The Bertz CT molecular complexity index is 211. The Balaban J connectivity index is 2.75. The van der Waals surface area contributed by atoms with Crippen molar-refractivity contribution < 1.29 is 0 Å². The van der Waals surface area contributed by atoms with Crippen molar-refractivity contribution in [2.24, 2.45) is 0 Å². The van der Waals surface area contributed by atoms with E-state index in [4.69, 9.17) is 0 Å². The fraction of sp³-hybridized carbons (Fsp3) is 0.846. The third-order valence-corrected chi connectivity index (χ3v) is 3.41.